The molecule has 3 rings (SSSR count). The first-order valence-corrected chi connectivity index (χ1v) is 10.3. The third kappa shape index (κ3) is 3.90. The Morgan fingerprint density at radius 1 is 1.27 bits per heavy atom. The van der Waals surface area contributed by atoms with Gasteiger partial charge in [-0.15, -0.1) is 11.3 Å². The van der Waals surface area contributed by atoms with Crippen molar-refractivity contribution in [2.24, 2.45) is 0 Å². The fourth-order valence-corrected chi connectivity index (χ4v) is 4.36. The van der Waals surface area contributed by atoms with Gasteiger partial charge in [0.1, 0.15) is 11.6 Å². The van der Waals surface area contributed by atoms with Crippen molar-refractivity contribution < 1.29 is 4.79 Å². The molecule has 1 aliphatic heterocycles. The highest BCUT2D eigenvalue weighted by molar-refractivity contribution is 7.12. The number of piperidine rings is 1. The van der Waals surface area contributed by atoms with Gasteiger partial charge in [0.15, 0.2) is 0 Å². The first-order chi connectivity index (χ1) is 12.5. The zero-order valence-corrected chi connectivity index (χ0v) is 17.0. The van der Waals surface area contributed by atoms with Crippen LogP contribution in [-0.2, 0) is 0 Å². The summed E-state index contributed by atoms with van der Waals surface area (Å²) in [5, 5.41) is 1.97. The SMILES string of the molecule is CCCN(C(=O)c1cccs1)C1CCN(c2nc(C)nc(C)c2C)CC1. The Kier molecular flexibility index (Phi) is 5.91. The van der Waals surface area contributed by atoms with E-state index >= 15 is 0 Å². The molecule has 0 radical (unpaired) electrons. The summed E-state index contributed by atoms with van der Waals surface area (Å²) in [6, 6.07) is 4.19. The van der Waals surface area contributed by atoms with E-state index in [-0.39, 0.29) is 5.91 Å². The predicted molar refractivity (Wildman–Crippen MR) is 107 cm³/mol. The molecule has 5 nitrogen and oxygen atoms in total. The number of hydrogen-bond acceptors (Lipinski definition) is 5. The summed E-state index contributed by atoms with van der Waals surface area (Å²) in [4.78, 5) is 27.3. The van der Waals surface area contributed by atoms with Gasteiger partial charge in [-0.1, -0.05) is 13.0 Å². The molecule has 0 spiro atoms. The van der Waals surface area contributed by atoms with E-state index in [2.05, 4.69) is 33.6 Å². The minimum absolute atomic E-state index is 0.185. The van der Waals surface area contributed by atoms with Crippen molar-refractivity contribution in [1.82, 2.24) is 14.9 Å². The van der Waals surface area contributed by atoms with Crippen LogP contribution in [-0.4, -0.2) is 46.5 Å². The average Bonchev–Trinajstić information content (AvgIpc) is 3.17. The van der Waals surface area contributed by atoms with Gasteiger partial charge in [-0.05, 0) is 51.5 Å². The molecule has 0 atom stereocenters. The van der Waals surface area contributed by atoms with Crippen LogP contribution in [0.15, 0.2) is 17.5 Å². The number of nitrogens with zero attached hydrogens (tertiary/aromatic N) is 4. The number of carbonyl (C=O) groups excluding carboxylic acids is 1. The van der Waals surface area contributed by atoms with E-state index in [0.717, 1.165) is 66.7 Å². The van der Waals surface area contributed by atoms with Crippen LogP contribution in [0.25, 0.3) is 0 Å². The molecule has 1 aliphatic rings. The highest BCUT2D eigenvalue weighted by atomic mass is 32.1. The van der Waals surface area contributed by atoms with Gasteiger partial charge in [0.05, 0.1) is 4.88 Å². The van der Waals surface area contributed by atoms with E-state index in [0.29, 0.717) is 6.04 Å². The molecule has 1 saturated heterocycles. The Bertz CT molecular complexity index is 751. The van der Waals surface area contributed by atoms with Crippen LogP contribution >= 0.6 is 11.3 Å². The van der Waals surface area contributed by atoms with Crippen molar-refractivity contribution >= 4 is 23.1 Å². The summed E-state index contributed by atoms with van der Waals surface area (Å²) in [7, 11) is 0. The number of anilines is 1. The minimum atomic E-state index is 0.185. The molecule has 2 aromatic heterocycles. The van der Waals surface area contributed by atoms with E-state index in [1.54, 1.807) is 0 Å². The zero-order valence-electron chi connectivity index (χ0n) is 16.2. The third-order valence-corrected chi connectivity index (χ3v) is 6.00. The summed E-state index contributed by atoms with van der Waals surface area (Å²) in [5.74, 6) is 2.07. The molecule has 1 amide bonds. The summed E-state index contributed by atoms with van der Waals surface area (Å²) in [6.07, 6.45) is 2.96. The van der Waals surface area contributed by atoms with Crippen molar-refractivity contribution in [2.75, 3.05) is 24.5 Å². The van der Waals surface area contributed by atoms with Crippen LogP contribution in [0.1, 0.15) is 52.9 Å². The fraction of sp³-hybridized carbons (Fsp3) is 0.550. The zero-order chi connectivity index (χ0) is 18.7. The quantitative estimate of drug-likeness (QED) is 0.796. The van der Waals surface area contributed by atoms with E-state index in [1.165, 1.54) is 11.3 Å². The van der Waals surface area contributed by atoms with Crippen LogP contribution in [0.5, 0.6) is 0 Å². The normalized spacial score (nSPS) is 15.3. The van der Waals surface area contributed by atoms with Gasteiger partial charge in [-0.25, -0.2) is 9.97 Å². The van der Waals surface area contributed by atoms with Gasteiger partial charge in [0.25, 0.3) is 5.91 Å². The molecule has 140 valence electrons. The maximum atomic E-state index is 12.9. The second-order valence-corrected chi connectivity index (χ2v) is 7.95. The second-order valence-electron chi connectivity index (χ2n) is 7.00. The first-order valence-electron chi connectivity index (χ1n) is 9.42. The van der Waals surface area contributed by atoms with Crippen LogP contribution in [0, 0.1) is 20.8 Å². The first kappa shape index (κ1) is 18.8. The van der Waals surface area contributed by atoms with E-state index in [9.17, 15) is 4.79 Å². The van der Waals surface area contributed by atoms with Gasteiger partial charge in [0.2, 0.25) is 0 Å². The number of aromatic nitrogens is 2. The number of aryl methyl sites for hydroxylation is 2. The van der Waals surface area contributed by atoms with Crippen molar-refractivity contribution in [3.05, 3.63) is 39.5 Å². The predicted octanol–water partition coefficient (Wildman–Crippen LogP) is 3.98. The van der Waals surface area contributed by atoms with Gasteiger partial charge >= 0.3 is 0 Å². The van der Waals surface area contributed by atoms with Crippen molar-refractivity contribution in [3.8, 4) is 0 Å². The molecular formula is C20H28N4OS. The summed E-state index contributed by atoms with van der Waals surface area (Å²) >= 11 is 1.53. The molecule has 3 heterocycles. The molecule has 0 N–H and O–H groups in total. The molecule has 0 aromatic carbocycles. The molecule has 0 unspecified atom stereocenters. The van der Waals surface area contributed by atoms with Gasteiger partial charge < -0.3 is 9.80 Å². The number of hydrogen-bond donors (Lipinski definition) is 0. The Morgan fingerprint density at radius 2 is 2.00 bits per heavy atom. The molecule has 2 aromatic rings. The maximum Gasteiger partial charge on any atom is 0.264 e. The van der Waals surface area contributed by atoms with Gasteiger partial charge in [-0.2, -0.15) is 0 Å². The minimum Gasteiger partial charge on any atom is -0.356 e. The van der Waals surface area contributed by atoms with Crippen LogP contribution in [0.3, 0.4) is 0 Å². The Labute approximate surface area is 160 Å². The molecular weight excluding hydrogens is 344 g/mol. The van der Waals surface area contributed by atoms with Crippen LogP contribution in [0.4, 0.5) is 5.82 Å². The molecule has 1 fully saturated rings. The summed E-state index contributed by atoms with van der Waals surface area (Å²) < 4.78 is 0. The third-order valence-electron chi connectivity index (χ3n) is 5.14. The monoisotopic (exact) mass is 372 g/mol. The lowest BCUT2D eigenvalue weighted by atomic mass is 10.0. The second kappa shape index (κ2) is 8.16. The maximum absolute atomic E-state index is 12.9. The molecule has 6 heteroatoms. The van der Waals surface area contributed by atoms with Crippen LogP contribution < -0.4 is 4.90 Å². The smallest absolute Gasteiger partial charge is 0.264 e. The van der Waals surface area contributed by atoms with Crippen molar-refractivity contribution in [2.45, 2.75) is 53.0 Å². The molecule has 0 aliphatic carbocycles. The number of carbonyl (C=O) groups is 1. The Hall–Kier alpha value is -1.95. The highest BCUT2D eigenvalue weighted by Crippen LogP contribution is 2.26. The lowest BCUT2D eigenvalue weighted by Gasteiger charge is -2.39. The van der Waals surface area contributed by atoms with E-state index < -0.39 is 0 Å². The largest absolute Gasteiger partial charge is 0.356 e. The van der Waals surface area contributed by atoms with Gasteiger partial charge in [0, 0.05) is 36.9 Å². The van der Waals surface area contributed by atoms with E-state index in [1.807, 2.05) is 31.4 Å². The standard InChI is InChI=1S/C20H28N4OS/c1-5-10-24(20(25)18-7-6-13-26-18)17-8-11-23(12-9-17)19-14(2)15(3)21-16(4)22-19/h6-7,13,17H,5,8-12H2,1-4H3. The van der Waals surface area contributed by atoms with E-state index in [4.69, 9.17) is 0 Å². The molecule has 26 heavy (non-hydrogen) atoms. The van der Waals surface area contributed by atoms with Crippen LogP contribution in [0.2, 0.25) is 0 Å². The molecule has 0 saturated carbocycles. The number of thiophene rings is 1. The highest BCUT2D eigenvalue weighted by Gasteiger charge is 2.29. The van der Waals surface area contributed by atoms with Crippen molar-refractivity contribution in [3.63, 3.8) is 0 Å². The fourth-order valence-electron chi connectivity index (χ4n) is 3.68. The Morgan fingerprint density at radius 3 is 2.62 bits per heavy atom. The summed E-state index contributed by atoms with van der Waals surface area (Å²) in [5.41, 5.74) is 2.21. The topological polar surface area (TPSA) is 49.3 Å². The lowest BCUT2D eigenvalue weighted by Crippen LogP contribution is -2.48. The molecule has 0 bridgehead atoms. The average molecular weight is 373 g/mol. The number of rotatable bonds is 5. The van der Waals surface area contributed by atoms with Crippen molar-refractivity contribution in [1.29, 1.82) is 0 Å². The Balaban J connectivity index is 1.71. The lowest BCUT2D eigenvalue weighted by molar-refractivity contribution is 0.0655. The summed E-state index contributed by atoms with van der Waals surface area (Å²) in [6.45, 7) is 10.9. The number of amides is 1. The van der Waals surface area contributed by atoms with Gasteiger partial charge in [-0.3, -0.25) is 4.79 Å².